The number of hydrogen-bond acceptors (Lipinski definition) is 2. The van der Waals surface area contributed by atoms with Crippen LogP contribution >= 0.6 is 0 Å². The highest BCUT2D eigenvalue weighted by Crippen LogP contribution is 2.20. The average molecular weight is 304 g/mol. The Morgan fingerprint density at radius 1 is 1.00 bits per heavy atom. The molecule has 23 heavy (non-hydrogen) atoms. The first-order chi connectivity index (χ1) is 11.2. The van der Waals surface area contributed by atoms with E-state index >= 15 is 0 Å². The highest BCUT2D eigenvalue weighted by molar-refractivity contribution is 5.82. The van der Waals surface area contributed by atoms with Crippen molar-refractivity contribution in [3.05, 3.63) is 77.6 Å². The third-order valence-corrected chi connectivity index (χ3v) is 3.80. The lowest BCUT2D eigenvalue weighted by molar-refractivity contribution is 0.415. The van der Waals surface area contributed by atoms with E-state index in [2.05, 4.69) is 53.9 Å². The number of aromatic nitrogens is 1. The summed E-state index contributed by atoms with van der Waals surface area (Å²) >= 11 is 0. The van der Waals surface area contributed by atoms with Crippen LogP contribution in [0.4, 0.5) is 5.69 Å². The van der Waals surface area contributed by atoms with Crippen molar-refractivity contribution < 1.29 is 4.74 Å². The third-order valence-electron chi connectivity index (χ3n) is 3.80. The van der Waals surface area contributed by atoms with Crippen LogP contribution in [-0.2, 0) is 0 Å². The maximum Gasteiger partial charge on any atom is 0.119 e. The molecule has 0 aliphatic rings. The Kier molecular flexibility index (Phi) is 4.29. The normalized spacial score (nSPS) is 11.1. The van der Waals surface area contributed by atoms with Gasteiger partial charge >= 0.3 is 0 Å². The van der Waals surface area contributed by atoms with Crippen molar-refractivity contribution in [3.63, 3.8) is 0 Å². The highest BCUT2D eigenvalue weighted by Gasteiger charge is 2.00. The van der Waals surface area contributed by atoms with E-state index in [1.807, 2.05) is 36.7 Å². The fourth-order valence-electron chi connectivity index (χ4n) is 2.41. The summed E-state index contributed by atoms with van der Waals surface area (Å²) in [6.07, 6.45) is 6.00. The van der Waals surface area contributed by atoms with Crippen molar-refractivity contribution in [2.75, 3.05) is 7.11 Å². The minimum absolute atomic E-state index is 0.859. The molecule has 0 radical (unpaired) electrons. The van der Waals surface area contributed by atoms with Crippen molar-refractivity contribution in [3.8, 4) is 11.4 Å². The molecule has 116 valence electrons. The van der Waals surface area contributed by atoms with Gasteiger partial charge in [0.1, 0.15) is 5.75 Å². The summed E-state index contributed by atoms with van der Waals surface area (Å²) in [6, 6.07) is 16.3. The van der Waals surface area contributed by atoms with E-state index < -0.39 is 0 Å². The first kappa shape index (κ1) is 15.1. The molecule has 0 amide bonds. The average Bonchev–Trinajstić information content (AvgIpc) is 3.05. The van der Waals surface area contributed by atoms with E-state index in [1.54, 1.807) is 7.11 Å². The number of rotatable bonds is 4. The summed E-state index contributed by atoms with van der Waals surface area (Å²) in [6.45, 7) is 4.16. The number of nitrogens with zero attached hydrogens (tertiary/aromatic N) is 2. The van der Waals surface area contributed by atoms with Crippen molar-refractivity contribution in [2.45, 2.75) is 13.8 Å². The molecule has 0 aliphatic carbocycles. The van der Waals surface area contributed by atoms with Gasteiger partial charge in [0.25, 0.3) is 0 Å². The number of benzene rings is 2. The molecular formula is C20H20N2O. The van der Waals surface area contributed by atoms with Gasteiger partial charge < -0.3 is 9.30 Å². The lowest BCUT2D eigenvalue weighted by atomic mass is 10.1. The van der Waals surface area contributed by atoms with Gasteiger partial charge in [0.05, 0.1) is 12.8 Å². The molecule has 0 fully saturated rings. The van der Waals surface area contributed by atoms with Gasteiger partial charge in [0, 0.05) is 29.9 Å². The Morgan fingerprint density at radius 2 is 1.78 bits per heavy atom. The number of aliphatic imine (C=N–C) groups is 1. The minimum atomic E-state index is 0.859. The van der Waals surface area contributed by atoms with Crippen LogP contribution < -0.4 is 4.74 Å². The van der Waals surface area contributed by atoms with E-state index in [-0.39, 0.29) is 0 Å². The molecule has 2 aromatic carbocycles. The van der Waals surface area contributed by atoms with Crippen molar-refractivity contribution in [1.29, 1.82) is 0 Å². The fourth-order valence-corrected chi connectivity index (χ4v) is 2.41. The van der Waals surface area contributed by atoms with Crippen molar-refractivity contribution in [2.24, 2.45) is 4.99 Å². The van der Waals surface area contributed by atoms with Crippen LogP contribution in [0.15, 0.2) is 65.9 Å². The standard InChI is InChI=1S/C20H20N2O/c1-15-4-5-16(2)20(12-15)21-13-17-10-11-22(14-17)18-6-8-19(23-3)9-7-18/h4-14H,1-3H3. The summed E-state index contributed by atoms with van der Waals surface area (Å²) in [4.78, 5) is 4.61. The number of ether oxygens (including phenoxy) is 1. The van der Waals surface area contributed by atoms with Crippen molar-refractivity contribution in [1.82, 2.24) is 4.57 Å². The summed E-state index contributed by atoms with van der Waals surface area (Å²) in [5.74, 6) is 0.859. The zero-order chi connectivity index (χ0) is 16.2. The molecule has 0 bridgehead atoms. The van der Waals surface area contributed by atoms with Gasteiger partial charge in [0.15, 0.2) is 0 Å². The molecule has 0 unspecified atom stereocenters. The number of methoxy groups -OCH3 is 1. The predicted molar refractivity (Wildman–Crippen MR) is 95.5 cm³/mol. The van der Waals surface area contributed by atoms with E-state index in [9.17, 15) is 0 Å². The first-order valence-corrected chi connectivity index (χ1v) is 7.59. The summed E-state index contributed by atoms with van der Waals surface area (Å²) < 4.78 is 7.26. The fraction of sp³-hybridized carbons (Fsp3) is 0.150. The van der Waals surface area contributed by atoms with Gasteiger partial charge in [-0.25, -0.2) is 0 Å². The van der Waals surface area contributed by atoms with Gasteiger partial charge in [0.2, 0.25) is 0 Å². The maximum atomic E-state index is 5.19. The van der Waals surface area contributed by atoms with Gasteiger partial charge in [-0.3, -0.25) is 4.99 Å². The zero-order valence-electron chi connectivity index (χ0n) is 13.7. The predicted octanol–water partition coefficient (Wildman–Crippen LogP) is 4.85. The highest BCUT2D eigenvalue weighted by atomic mass is 16.5. The molecule has 3 rings (SSSR count). The largest absolute Gasteiger partial charge is 0.497 e. The third kappa shape index (κ3) is 3.51. The Balaban J connectivity index is 1.81. The molecule has 0 saturated carbocycles. The van der Waals surface area contributed by atoms with E-state index in [0.717, 1.165) is 22.7 Å². The summed E-state index contributed by atoms with van der Waals surface area (Å²) in [5.41, 5.74) is 5.58. The second-order valence-electron chi connectivity index (χ2n) is 5.60. The van der Waals surface area contributed by atoms with Crippen LogP contribution in [0.3, 0.4) is 0 Å². The summed E-state index contributed by atoms with van der Waals surface area (Å²) in [7, 11) is 1.67. The Hall–Kier alpha value is -2.81. The SMILES string of the molecule is COc1ccc(-n2ccc(C=Nc3cc(C)ccc3C)c2)cc1. The van der Waals surface area contributed by atoms with Gasteiger partial charge in [-0.05, 0) is 61.4 Å². The van der Waals surface area contributed by atoms with Crippen LogP contribution in [0.5, 0.6) is 5.75 Å². The molecule has 3 aromatic rings. The van der Waals surface area contributed by atoms with Crippen LogP contribution in [0.1, 0.15) is 16.7 Å². The van der Waals surface area contributed by atoms with Gasteiger partial charge in [-0.2, -0.15) is 0 Å². The number of hydrogen-bond donors (Lipinski definition) is 0. The van der Waals surface area contributed by atoms with Crippen LogP contribution in [0.2, 0.25) is 0 Å². The van der Waals surface area contributed by atoms with Gasteiger partial charge in [-0.15, -0.1) is 0 Å². The second-order valence-corrected chi connectivity index (χ2v) is 5.60. The quantitative estimate of drug-likeness (QED) is 0.633. The first-order valence-electron chi connectivity index (χ1n) is 7.59. The zero-order valence-corrected chi connectivity index (χ0v) is 13.7. The second kappa shape index (κ2) is 6.53. The van der Waals surface area contributed by atoms with Crippen LogP contribution in [0, 0.1) is 13.8 Å². The monoisotopic (exact) mass is 304 g/mol. The Morgan fingerprint density at radius 3 is 2.52 bits per heavy atom. The molecule has 0 aliphatic heterocycles. The molecule has 0 N–H and O–H groups in total. The van der Waals surface area contributed by atoms with Crippen LogP contribution in [-0.4, -0.2) is 17.9 Å². The van der Waals surface area contributed by atoms with E-state index in [0.29, 0.717) is 0 Å². The molecule has 0 saturated heterocycles. The molecule has 1 heterocycles. The molecule has 3 nitrogen and oxygen atoms in total. The Labute approximate surface area is 136 Å². The minimum Gasteiger partial charge on any atom is -0.497 e. The molecule has 3 heteroatoms. The summed E-state index contributed by atoms with van der Waals surface area (Å²) in [5, 5.41) is 0. The Bertz CT molecular complexity index is 829. The van der Waals surface area contributed by atoms with Crippen molar-refractivity contribution >= 4 is 11.9 Å². The molecule has 0 spiro atoms. The lowest BCUT2D eigenvalue weighted by Crippen LogP contribution is -1.90. The maximum absolute atomic E-state index is 5.19. The molecular weight excluding hydrogens is 284 g/mol. The van der Waals surface area contributed by atoms with Crippen LogP contribution in [0.25, 0.3) is 5.69 Å². The lowest BCUT2D eigenvalue weighted by Gasteiger charge is -2.04. The smallest absolute Gasteiger partial charge is 0.119 e. The topological polar surface area (TPSA) is 26.5 Å². The van der Waals surface area contributed by atoms with E-state index in [1.165, 1.54) is 11.1 Å². The number of aryl methyl sites for hydroxylation is 2. The van der Waals surface area contributed by atoms with Gasteiger partial charge in [-0.1, -0.05) is 12.1 Å². The molecule has 1 aromatic heterocycles. The molecule has 0 atom stereocenters. The van der Waals surface area contributed by atoms with E-state index in [4.69, 9.17) is 4.74 Å².